The molecule has 9 heteroatoms. The van der Waals surface area contributed by atoms with Gasteiger partial charge in [0.15, 0.2) is 0 Å². The van der Waals surface area contributed by atoms with Crippen molar-refractivity contribution in [2.75, 3.05) is 19.4 Å². The van der Waals surface area contributed by atoms with Crippen LogP contribution in [0.2, 0.25) is 0 Å². The molecular formula is C31H29F2NO4S2. The molecule has 0 saturated carbocycles. The highest BCUT2D eigenvalue weighted by molar-refractivity contribution is 8.00. The van der Waals surface area contributed by atoms with E-state index in [4.69, 9.17) is 8.92 Å². The van der Waals surface area contributed by atoms with Crippen LogP contribution in [0.25, 0.3) is 21.9 Å². The van der Waals surface area contributed by atoms with Crippen LogP contribution in [0.15, 0.2) is 71.6 Å². The molecule has 0 bridgehead atoms. The third kappa shape index (κ3) is 5.68. The summed E-state index contributed by atoms with van der Waals surface area (Å²) in [4.78, 5) is 0.399. The van der Waals surface area contributed by atoms with Crippen LogP contribution in [0.5, 0.6) is 11.5 Å². The van der Waals surface area contributed by atoms with Crippen LogP contribution >= 0.6 is 11.8 Å². The molecule has 1 fully saturated rings. The van der Waals surface area contributed by atoms with Crippen molar-refractivity contribution in [1.29, 1.82) is 0 Å². The van der Waals surface area contributed by atoms with E-state index in [-0.39, 0.29) is 11.0 Å². The molecule has 0 spiro atoms. The summed E-state index contributed by atoms with van der Waals surface area (Å²) in [7, 11) is -3.69. The van der Waals surface area contributed by atoms with Crippen molar-refractivity contribution >= 4 is 32.7 Å². The predicted octanol–water partition coefficient (Wildman–Crippen LogP) is 7.23. The third-order valence-electron chi connectivity index (χ3n) is 7.41. The average molecular weight is 582 g/mol. The van der Waals surface area contributed by atoms with E-state index in [0.717, 1.165) is 58.5 Å². The summed E-state index contributed by atoms with van der Waals surface area (Å²) in [5.41, 5.74) is 3.10. The summed E-state index contributed by atoms with van der Waals surface area (Å²) in [6.07, 6.45) is 5.62. The molecule has 2 heterocycles. The predicted molar refractivity (Wildman–Crippen MR) is 155 cm³/mol. The standard InChI is InChI=1S/C31H29F2NO4S2/c1-40(35,36)38-24-10-12-25-20(16-24)7-11-26-27-17-21(32)18-28(33)31(27)39-30(29(25)26)19-5-8-23(9-6-19)37-15-13-22-4-2-3-14-34-22/h5-12,16-18,22,30,34H,2-4,13-15H2,1H3. The Labute approximate surface area is 237 Å². The zero-order valence-electron chi connectivity index (χ0n) is 22.0. The Kier molecular flexibility index (Phi) is 7.46. The molecule has 4 aromatic carbocycles. The number of ether oxygens (including phenoxy) is 1. The van der Waals surface area contributed by atoms with Crippen LogP contribution in [0.4, 0.5) is 8.78 Å². The lowest BCUT2D eigenvalue weighted by Crippen LogP contribution is -2.35. The molecule has 208 valence electrons. The van der Waals surface area contributed by atoms with Crippen LogP contribution in [-0.2, 0) is 10.1 Å². The van der Waals surface area contributed by atoms with Gasteiger partial charge in [0.2, 0.25) is 0 Å². The summed E-state index contributed by atoms with van der Waals surface area (Å²) in [5, 5.41) is 4.87. The molecule has 0 radical (unpaired) electrons. The minimum Gasteiger partial charge on any atom is -0.494 e. The molecule has 1 N–H and O–H groups in total. The van der Waals surface area contributed by atoms with Crippen molar-refractivity contribution in [3.63, 3.8) is 0 Å². The van der Waals surface area contributed by atoms with E-state index in [2.05, 4.69) is 5.32 Å². The molecule has 4 aromatic rings. The van der Waals surface area contributed by atoms with E-state index < -0.39 is 21.8 Å². The molecule has 5 nitrogen and oxygen atoms in total. The molecule has 2 aliphatic heterocycles. The van der Waals surface area contributed by atoms with Gasteiger partial charge < -0.3 is 14.2 Å². The Bertz CT molecular complexity index is 1670. The van der Waals surface area contributed by atoms with Crippen molar-refractivity contribution in [2.24, 2.45) is 0 Å². The summed E-state index contributed by atoms with van der Waals surface area (Å²) < 4.78 is 63.8. The van der Waals surface area contributed by atoms with Crippen molar-refractivity contribution in [3.8, 4) is 22.6 Å². The normalized spacial score (nSPS) is 18.7. The quantitative estimate of drug-likeness (QED) is 0.232. The summed E-state index contributed by atoms with van der Waals surface area (Å²) in [6.45, 7) is 1.70. The summed E-state index contributed by atoms with van der Waals surface area (Å²) in [5.74, 6) is -0.251. The van der Waals surface area contributed by atoms with E-state index in [1.165, 1.54) is 37.1 Å². The maximum absolute atomic E-state index is 15.0. The average Bonchev–Trinajstić information content (AvgIpc) is 2.92. The number of nitrogens with one attached hydrogen (secondary N) is 1. The first-order chi connectivity index (χ1) is 19.2. The van der Waals surface area contributed by atoms with Crippen LogP contribution < -0.4 is 14.2 Å². The maximum atomic E-state index is 15.0. The van der Waals surface area contributed by atoms with Gasteiger partial charge in [0, 0.05) is 17.7 Å². The number of fused-ring (bicyclic) bond motifs is 5. The Balaban J connectivity index is 1.35. The Hall–Kier alpha value is -3.14. The summed E-state index contributed by atoms with van der Waals surface area (Å²) in [6, 6.07) is 19.4. The van der Waals surface area contributed by atoms with Crippen molar-refractivity contribution in [2.45, 2.75) is 41.9 Å². The van der Waals surface area contributed by atoms with Crippen molar-refractivity contribution in [1.82, 2.24) is 5.32 Å². The van der Waals surface area contributed by atoms with Gasteiger partial charge >= 0.3 is 10.1 Å². The largest absolute Gasteiger partial charge is 0.494 e. The fourth-order valence-corrected chi connectivity index (χ4v) is 7.42. The van der Waals surface area contributed by atoms with Crippen LogP contribution in [0, 0.1) is 11.6 Å². The summed E-state index contributed by atoms with van der Waals surface area (Å²) >= 11 is 1.34. The zero-order valence-corrected chi connectivity index (χ0v) is 23.6. The minimum atomic E-state index is -3.69. The van der Waals surface area contributed by atoms with E-state index >= 15 is 4.39 Å². The second-order valence-electron chi connectivity index (χ2n) is 10.3. The maximum Gasteiger partial charge on any atom is 0.306 e. The highest BCUT2D eigenvalue weighted by atomic mass is 32.2. The lowest BCUT2D eigenvalue weighted by molar-refractivity contribution is 0.268. The van der Waals surface area contributed by atoms with Gasteiger partial charge in [0.25, 0.3) is 0 Å². The topological polar surface area (TPSA) is 64.6 Å². The minimum absolute atomic E-state index is 0.206. The molecule has 1 saturated heterocycles. The van der Waals surface area contributed by atoms with Crippen molar-refractivity contribution in [3.05, 3.63) is 89.5 Å². The van der Waals surface area contributed by atoms with Crippen LogP contribution in [0.1, 0.15) is 42.1 Å². The SMILES string of the molecule is CS(=O)(=O)Oc1ccc2c3c(ccc2c1)-c1cc(F)cc(F)c1SC3c1ccc(OCCC2CCCCN2)cc1. The molecule has 0 aromatic heterocycles. The van der Waals surface area contributed by atoms with Gasteiger partial charge in [-0.2, -0.15) is 8.42 Å². The van der Waals surface area contributed by atoms with Gasteiger partial charge in [-0.05, 0) is 83.6 Å². The van der Waals surface area contributed by atoms with E-state index in [1.54, 1.807) is 18.2 Å². The molecule has 0 amide bonds. The molecule has 2 atom stereocenters. The Morgan fingerprint density at radius 3 is 2.50 bits per heavy atom. The van der Waals surface area contributed by atoms with Gasteiger partial charge in [0.05, 0.1) is 23.0 Å². The highest BCUT2D eigenvalue weighted by Crippen LogP contribution is 2.55. The fourth-order valence-electron chi connectivity index (χ4n) is 5.60. The Morgan fingerprint density at radius 1 is 0.950 bits per heavy atom. The number of benzene rings is 4. The molecule has 2 aliphatic rings. The second kappa shape index (κ2) is 11.0. The van der Waals surface area contributed by atoms with E-state index in [1.807, 2.05) is 36.4 Å². The fraction of sp³-hybridized carbons (Fsp3) is 0.290. The first-order valence-electron chi connectivity index (χ1n) is 13.3. The lowest BCUT2D eigenvalue weighted by Gasteiger charge is -2.29. The number of thioether (sulfide) groups is 1. The number of rotatable bonds is 7. The first-order valence-corrected chi connectivity index (χ1v) is 16.0. The van der Waals surface area contributed by atoms with Gasteiger partial charge in [-0.25, -0.2) is 8.78 Å². The smallest absolute Gasteiger partial charge is 0.306 e. The number of piperidine rings is 1. The van der Waals surface area contributed by atoms with Gasteiger partial charge in [-0.1, -0.05) is 36.8 Å². The van der Waals surface area contributed by atoms with E-state index in [0.29, 0.717) is 23.1 Å². The molecule has 0 aliphatic carbocycles. The zero-order chi connectivity index (χ0) is 27.9. The molecule has 6 rings (SSSR count). The van der Waals surface area contributed by atoms with Crippen molar-refractivity contribution < 1.29 is 26.1 Å². The number of hydrogen-bond donors (Lipinski definition) is 1. The lowest BCUT2D eigenvalue weighted by atomic mass is 9.89. The highest BCUT2D eigenvalue weighted by Gasteiger charge is 2.31. The monoisotopic (exact) mass is 581 g/mol. The van der Waals surface area contributed by atoms with Gasteiger partial charge in [0.1, 0.15) is 23.1 Å². The van der Waals surface area contributed by atoms with Crippen LogP contribution in [-0.4, -0.2) is 33.9 Å². The van der Waals surface area contributed by atoms with Crippen LogP contribution in [0.3, 0.4) is 0 Å². The molecule has 40 heavy (non-hydrogen) atoms. The number of halogens is 2. The van der Waals surface area contributed by atoms with Gasteiger partial charge in [-0.3, -0.25) is 0 Å². The van der Waals surface area contributed by atoms with E-state index in [9.17, 15) is 12.8 Å². The Morgan fingerprint density at radius 2 is 1.75 bits per heavy atom. The molecule has 2 unspecified atom stereocenters. The molecular weight excluding hydrogens is 552 g/mol. The second-order valence-corrected chi connectivity index (χ2v) is 13.0. The van der Waals surface area contributed by atoms with Gasteiger partial charge in [-0.15, -0.1) is 11.8 Å². The first kappa shape index (κ1) is 27.1. The number of hydrogen-bond acceptors (Lipinski definition) is 6. The third-order valence-corrected chi connectivity index (χ3v) is 9.30.